The molecule has 2 saturated carbocycles. The highest BCUT2D eigenvalue weighted by Crippen LogP contribution is 2.46. The minimum atomic E-state index is -0.592. The van der Waals surface area contributed by atoms with Crippen molar-refractivity contribution in [3.8, 4) is 0 Å². The maximum absolute atomic E-state index is 11.8. The van der Waals surface area contributed by atoms with Gasteiger partial charge in [-0.15, -0.1) is 0 Å². The van der Waals surface area contributed by atoms with E-state index < -0.39 is 5.41 Å². The van der Waals surface area contributed by atoms with Crippen molar-refractivity contribution in [1.29, 1.82) is 0 Å². The average Bonchev–Trinajstić information content (AvgIpc) is 3.15. The minimum absolute atomic E-state index is 0.0715. The molecular weight excluding hydrogens is 250 g/mol. The first-order valence-electron chi connectivity index (χ1n) is 6.42. The smallest absolute Gasteiger partial charge is 0.233 e. The lowest BCUT2D eigenvalue weighted by molar-refractivity contribution is -0.124. The fourth-order valence-electron chi connectivity index (χ4n) is 1.86. The Kier molecular flexibility index (Phi) is 3.85. The average molecular weight is 269 g/mol. The van der Waals surface area contributed by atoms with Crippen LogP contribution in [0.2, 0.25) is 0 Å². The van der Waals surface area contributed by atoms with Gasteiger partial charge >= 0.3 is 0 Å². The molecule has 2 rings (SSSR count). The normalized spacial score (nSPS) is 20.0. The van der Waals surface area contributed by atoms with E-state index in [-0.39, 0.29) is 16.8 Å². The maximum atomic E-state index is 11.8. The zero-order valence-electron chi connectivity index (χ0n) is 10.3. The summed E-state index contributed by atoms with van der Waals surface area (Å²) in [6.45, 7) is 0.501. The summed E-state index contributed by atoms with van der Waals surface area (Å²) < 4.78 is 0. The molecule has 100 valence electrons. The molecule has 2 aliphatic carbocycles. The number of hydrogen-bond acceptors (Lipinski definition) is 3. The quantitative estimate of drug-likeness (QED) is 0.456. The topological polar surface area (TPSA) is 84.2 Å². The number of nitrogens with one attached hydrogen (secondary N) is 2. The zero-order chi connectivity index (χ0) is 13.2. The first-order valence-corrected chi connectivity index (χ1v) is 6.83. The Morgan fingerprint density at radius 2 is 2.00 bits per heavy atom. The van der Waals surface area contributed by atoms with Crippen molar-refractivity contribution >= 4 is 29.0 Å². The SMILES string of the molecule is NC(=S)C1(C(=O)NCCCC(=O)NC2CC2)CC1. The van der Waals surface area contributed by atoms with E-state index in [1.165, 1.54) is 0 Å². The Labute approximate surface area is 112 Å². The Morgan fingerprint density at radius 3 is 2.50 bits per heavy atom. The summed E-state index contributed by atoms with van der Waals surface area (Å²) in [5.74, 6) is -0.0140. The molecule has 0 aromatic heterocycles. The second kappa shape index (κ2) is 5.22. The highest BCUT2D eigenvalue weighted by atomic mass is 32.1. The fourth-order valence-corrected chi connectivity index (χ4v) is 2.15. The molecule has 0 spiro atoms. The van der Waals surface area contributed by atoms with Crippen LogP contribution in [0.15, 0.2) is 0 Å². The van der Waals surface area contributed by atoms with Gasteiger partial charge in [0.1, 0.15) is 0 Å². The van der Waals surface area contributed by atoms with Crippen molar-refractivity contribution in [2.45, 2.75) is 44.6 Å². The highest BCUT2D eigenvalue weighted by molar-refractivity contribution is 7.80. The summed E-state index contributed by atoms with van der Waals surface area (Å²) in [5.41, 5.74) is 4.96. The van der Waals surface area contributed by atoms with Gasteiger partial charge in [-0.25, -0.2) is 0 Å². The van der Waals surface area contributed by atoms with Crippen molar-refractivity contribution in [2.75, 3.05) is 6.54 Å². The van der Waals surface area contributed by atoms with Crippen molar-refractivity contribution in [3.63, 3.8) is 0 Å². The van der Waals surface area contributed by atoms with E-state index in [4.69, 9.17) is 18.0 Å². The summed E-state index contributed by atoms with van der Waals surface area (Å²) in [5, 5.41) is 5.72. The maximum Gasteiger partial charge on any atom is 0.233 e. The molecule has 0 aromatic carbocycles. The van der Waals surface area contributed by atoms with Crippen LogP contribution in [0.5, 0.6) is 0 Å². The molecular formula is C12H19N3O2S. The van der Waals surface area contributed by atoms with Crippen molar-refractivity contribution in [3.05, 3.63) is 0 Å². The molecule has 0 radical (unpaired) electrons. The van der Waals surface area contributed by atoms with Gasteiger partial charge in [0.15, 0.2) is 0 Å². The molecule has 2 amide bonds. The molecule has 0 unspecified atom stereocenters. The van der Waals surface area contributed by atoms with Crippen LogP contribution in [0.25, 0.3) is 0 Å². The third-order valence-electron chi connectivity index (χ3n) is 3.46. The van der Waals surface area contributed by atoms with Gasteiger partial charge in [0.2, 0.25) is 11.8 Å². The van der Waals surface area contributed by atoms with Crippen molar-refractivity contribution in [1.82, 2.24) is 10.6 Å². The summed E-state index contributed by atoms with van der Waals surface area (Å²) in [4.78, 5) is 23.5. The van der Waals surface area contributed by atoms with E-state index in [1.807, 2.05) is 0 Å². The predicted octanol–water partition coefficient (Wildman–Crippen LogP) is 0.228. The third kappa shape index (κ3) is 3.19. The van der Waals surface area contributed by atoms with E-state index in [0.717, 1.165) is 25.7 Å². The molecule has 2 aliphatic rings. The Hall–Kier alpha value is -1.17. The second-order valence-corrected chi connectivity index (χ2v) is 5.59. The molecule has 4 N–H and O–H groups in total. The van der Waals surface area contributed by atoms with Crippen LogP contribution in [0.4, 0.5) is 0 Å². The van der Waals surface area contributed by atoms with Crippen molar-refractivity contribution in [2.24, 2.45) is 11.1 Å². The zero-order valence-corrected chi connectivity index (χ0v) is 11.1. The largest absolute Gasteiger partial charge is 0.392 e. The van der Waals surface area contributed by atoms with Crippen LogP contribution in [-0.4, -0.2) is 29.4 Å². The lowest BCUT2D eigenvalue weighted by Crippen LogP contribution is -2.40. The number of nitrogens with two attached hydrogens (primary N) is 1. The lowest BCUT2D eigenvalue weighted by atomic mass is 10.1. The Bertz CT molecular complexity index is 376. The van der Waals surface area contributed by atoms with Gasteiger partial charge in [0, 0.05) is 19.0 Å². The van der Waals surface area contributed by atoms with E-state index in [9.17, 15) is 9.59 Å². The Balaban J connectivity index is 1.59. The van der Waals surface area contributed by atoms with Gasteiger partial charge in [-0.2, -0.15) is 0 Å². The number of carbonyl (C=O) groups is 2. The fraction of sp³-hybridized carbons (Fsp3) is 0.750. The first-order chi connectivity index (χ1) is 8.54. The van der Waals surface area contributed by atoms with Crippen LogP contribution in [0.3, 0.4) is 0 Å². The van der Waals surface area contributed by atoms with Crippen LogP contribution < -0.4 is 16.4 Å². The number of amides is 2. The monoisotopic (exact) mass is 269 g/mol. The van der Waals surface area contributed by atoms with Gasteiger partial charge in [-0.1, -0.05) is 12.2 Å². The van der Waals surface area contributed by atoms with Gasteiger partial charge in [0.25, 0.3) is 0 Å². The molecule has 2 fully saturated rings. The molecule has 5 nitrogen and oxygen atoms in total. The highest BCUT2D eigenvalue weighted by Gasteiger charge is 2.52. The molecule has 0 heterocycles. The summed E-state index contributed by atoms with van der Waals surface area (Å²) in [6, 6.07) is 0.399. The molecule has 0 bridgehead atoms. The number of carbonyl (C=O) groups excluding carboxylic acids is 2. The van der Waals surface area contributed by atoms with E-state index in [0.29, 0.717) is 25.4 Å². The van der Waals surface area contributed by atoms with Crippen LogP contribution >= 0.6 is 12.2 Å². The van der Waals surface area contributed by atoms with E-state index >= 15 is 0 Å². The molecule has 18 heavy (non-hydrogen) atoms. The van der Waals surface area contributed by atoms with Crippen molar-refractivity contribution < 1.29 is 9.59 Å². The van der Waals surface area contributed by atoms with E-state index in [2.05, 4.69) is 10.6 Å². The summed E-state index contributed by atoms with van der Waals surface area (Å²) in [6.07, 6.45) is 4.79. The summed E-state index contributed by atoms with van der Waals surface area (Å²) in [7, 11) is 0. The van der Waals surface area contributed by atoms with Crippen LogP contribution in [0.1, 0.15) is 38.5 Å². The number of thiocarbonyl (C=S) groups is 1. The van der Waals surface area contributed by atoms with Gasteiger partial charge in [-0.3, -0.25) is 9.59 Å². The second-order valence-electron chi connectivity index (χ2n) is 5.15. The van der Waals surface area contributed by atoms with Gasteiger partial charge in [0.05, 0.1) is 10.4 Å². The molecule has 0 atom stereocenters. The van der Waals surface area contributed by atoms with Crippen LogP contribution in [-0.2, 0) is 9.59 Å². The van der Waals surface area contributed by atoms with E-state index in [1.54, 1.807) is 0 Å². The molecule has 0 saturated heterocycles. The third-order valence-corrected chi connectivity index (χ3v) is 3.86. The first kappa shape index (κ1) is 13.3. The molecule has 6 heteroatoms. The van der Waals surface area contributed by atoms with Gasteiger partial charge < -0.3 is 16.4 Å². The lowest BCUT2D eigenvalue weighted by Gasteiger charge is -2.13. The number of hydrogen-bond donors (Lipinski definition) is 3. The van der Waals surface area contributed by atoms with Gasteiger partial charge in [-0.05, 0) is 32.1 Å². The standard InChI is InChI=1S/C12H19N3O2S/c13-10(18)12(5-6-12)11(17)14-7-1-2-9(16)15-8-3-4-8/h8H,1-7H2,(H2,13,18)(H,14,17)(H,15,16). The van der Waals surface area contributed by atoms with Crippen LogP contribution in [0, 0.1) is 5.41 Å². The summed E-state index contributed by atoms with van der Waals surface area (Å²) >= 11 is 4.90. The molecule has 0 aromatic rings. The predicted molar refractivity (Wildman–Crippen MR) is 71.9 cm³/mol. The Morgan fingerprint density at radius 1 is 1.33 bits per heavy atom. The minimum Gasteiger partial charge on any atom is -0.392 e. The number of rotatable bonds is 7. The molecule has 0 aliphatic heterocycles.